The van der Waals surface area contributed by atoms with Crippen LogP contribution in [0.25, 0.3) is 0 Å². The smallest absolute Gasteiger partial charge is 0.240 e. The molecule has 1 aliphatic heterocycles. The molecule has 0 bridgehead atoms. The fraction of sp³-hybridized carbons (Fsp3) is 0.909. The molecule has 0 radical (unpaired) electrons. The minimum atomic E-state index is -0.791. The molecule has 0 aromatic carbocycles. The minimum Gasteiger partial charge on any atom is -0.396 e. The first-order chi connectivity index (χ1) is 7.62. The summed E-state index contributed by atoms with van der Waals surface area (Å²) in [6.45, 7) is 3.15. The Bertz CT molecular complexity index is 227. The molecule has 1 fully saturated rings. The van der Waals surface area contributed by atoms with E-state index in [1.165, 1.54) is 0 Å². The SMILES string of the molecule is CCC(CCO)NC(=O)C1(N)CCOCC1. The quantitative estimate of drug-likeness (QED) is 0.609. The number of nitrogens with two attached hydrogens (primary N) is 1. The van der Waals surface area contributed by atoms with Gasteiger partial charge in [0, 0.05) is 25.9 Å². The molecule has 0 saturated carbocycles. The number of aliphatic hydroxyl groups excluding tert-OH is 1. The lowest BCUT2D eigenvalue weighted by Crippen LogP contribution is -2.58. The van der Waals surface area contributed by atoms with Crippen molar-refractivity contribution in [3.05, 3.63) is 0 Å². The average Bonchev–Trinajstić information content (AvgIpc) is 2.29. The largest absolute Gasteiger partial charge is 0.396 e. The van der Waals surface area contributed by atoms with Crippen LogP contribution >= 0.6 is 0 Å². The Morgan fingerprint density at radius 2 is 2.19 bits per heavy atom. The van der Waals surface area contributed by atoms with Crippen molar-refractivity contribution in [1.82, 2.24) is 5.32 Å². The molecule has 1 atom stereocenters. The van der Waals surface area contributed by atoms with Gasteiger partial charge in [-0.2, -0.15) is 0 Å². The summed E-state index contributed by atoms with van der Waals surface area (Å²) in [6.07, 6.45) is 2.51. The summed E-state index contributed by atoms with van der Waals surface area (Å²) >= 11 is 0. The number of amides is 1. The average molecular weight is 230 g/mol. The molecule has 1 unspecified atom stereocenters. The van der Waals surface area contributed by atoms with E-state index in [1.54, 1.807) is 0 Å². The van der Waals surface area contributed by atoms with Gasteiger partial charge in [0.2, 0.25) is 5.91 Å². The van der Waals surface area contributed by atoms with E-state index in [9.17, 15) is 4.79 Å². The number of ether oxygens (including phenoxy) is 1. The number of hydrogen-bond acceptors (Lipinski definition) is 4. The van der Waals surface area contributed by atoms with Crippen molar-refractivity contribution in [3.8, 4) is 0 Å². The Hall–Kier alpha value is -0.650. The molecule has 0 aromatic heterocycles. The third-order valence-electron chi connectivity index (χ3n) is 3.14. The van der Waals surface area contributed by atoms with E-state index in [0.29, 0.717) is 32.5 Å². The van der Waals surface area contributed by atoms with Crippen LogP contribution in [0.15, 0.2) is 0 Å². The molecule has 0 aliphatic carbocycles. The number of aliphatic hydroxyl groups is 1. The first kappa shape index (κ1) is 13.4. The summed E-state index contributed by atoms with van der Waals surface area (Å²) < 4.78 is 5.19. The van der Waals surface area contributed by atoms with Gasteiger partial charge in [-0.25, -0.2) is 0 Å². The second kappa shape index (κ2) is 6.18. The maximum absolute atomic E-state index is 12.0. The highest BCUT2D eigenvalue weighted by Crippen LogP contribution is 2.18. The fourth-order valence-corrected chi connectivity index (χ4v) is 1.83. The van der Waals surface area contributed by atoms with Crippen molar-refractivity contribution in [2.24, 2.45) is 5.73 Å². The van der Waals surface area contributed by atoms with E-state index in [-0.39, 0.29) is 18.6 Å². The number of rotatable bonds is 5. The van der Waals surface area contributed by atoms with E-state index in [1.807, 2.05) is 6.92 Å². The van der Waals surface area contributed by atoms with Crippen LogP contribution in [0.5, 0.6) is 0 Å². The van der Waals surface area contributed by atoms with Crippen molar-refractivity contribution in [1.29, 1.82) is 0 Å². The van der Waals surface area contributed by atoms with Crippen molar-refractivity contribution in [3.63, 3.8) is 0 Å². The number of carbonyl (C=O) groups is 1. The molecule has 94 valence electrons. The predicted octanol–water partition coefficient (Wildman–Crippen LogP) is -0.228. The van der Waals surface area contributed by atoms with Crippen molar-refractivity contribution < 1.29 is 14.6 Å². The van der Waals surface area contributed by atoms with Crippen molar-refractivity contribution in [2.45, 2.75) is 44.2 Å². The Labute approximate surface area is 96.3 Å². The highest BCUT2D eigenvalue weighted by molar-refractivity contribution is 5.86. The van der Waals surface area contributed by atoms with Gasteiger partial charge in [-0.3, -0.25) is 4.79 Å². The fourth-order valence-electron chi connectivity index (χ4n) is 1.83. The highest BCUT2D eigenvalue weighted by Gasteiger charge is 2.36. The first-order valence-corrected chi connectivity index (χ1v) is 5.91. The second-order valence-corrected chi connectivity index (χ2v) is 4.36. The molecule has 1 amide bonds. The summed E-state index contributed by atoms with van der Waals surface area (Å²) in [5.74, 6) is -0.115. The predicted molar refractivity (Wildman–Crippen MR) is 60.9 cm³/mol. The maximum Gasteiger partial charge on any atom is 0.240 e. The molecule has 0 aromatic rings. The molecule has 0 spiro atoms. The van der Waals surface area contributed by atoms with Crippen LogP contribution in [-0.4, -0.2) is 42.4 Å². The van der Waals surface area contributed by atoms with Crippen molar-refractivity contribution in [2.75, 3.05) is 19.8 Å². The van der Waals surface area contributed by atoms with E-state index in [0.717, 1.165) is 6.42 Å². The molecule has 1 heterocycles. The van der Waals surface area contributed by atoms with Gasteiger partial charge in [-0.1, -0.05) is 6.92 Å². The molecule has 4 N–H and O–H groups in total. The Morgan fingerprint density at radius 1 is 1.56 bits per heavy atom. The van der Waals surface area contributed by atoms with Crippen LogP contribution in [0.3, 0.4) is 0 Å². The lowest BCUT2D eigenvalue weighted by Gasteiger charge is -2.33. The van der Waals surface area contributed by atoms with Gasteiger partial charge < -0.3 is 20.9 Å². The van der Waals surface area contributed by atoms with Gasteiger partial charge >= 0.3 is 0 Å². The standard InChI is InChI=1S/C11H22N2O3/c1-2-9(3-6-14)13-10(15)11(12)4-7-16-8-5-11/h9,14H,2-8,12H2,1H3,(H,13,15). The Balaban J connectivity index is 2.48. The van der Waals surface area contributed by atoms with E-state index in [4.69, 9.17) is 15.6 Å². The van der Waals surface area contributed by atoms with Gasteiger partial charge in [-0.15, -0.1) is 0 Å². The number of hydrogen-bond donors (Lipinski definition) is 3. The normalized spacial score (nSPS) is 21.4. The summed E-state index contributed by atoms with van der Waals surface area (Å²) in [4.78, 5) is 12.0. The highest BCUT2D eigenvalue weighted by atomic mass is 16.5. The molecular weight excluding hydrogens is 208 g/mol. The monoisotopic (exact) mass is 230 g/mol. The van der Waals surface area contributed by atoms with Crippen LogP contribution in [0.2, 0.25) is 0 Å². The van der Waals surface area contributed by atoms with Gasteiger partial charge in [-0.05, 0) is 25.7 Å². The van der Waals surface area contributed by atoms with Crippen LogP contribution < -0.4 is 11.1 Å². The zero-order valence-electron chi connectivity index (χ0n) is 9.87. The number of nitrogens with one attached hydrogen (secondary N) is 1. The lowest BCUT2D eigenvalue weighted by molar-refractivity contribution is -0.130. The summed E-state index contributed by atoms with van der Waals surface area (Å²) in [6, 6.07) is 0.0146. The third kappa shape index (κ3) is 3.43. The van der Waals surface area contributed by atoms with Gasteiger partial charge in [0.15, 0.2) is 0 Å². The maximum atomic E-state index is 12.0. The summed E-state index contributed by atoms with van der Waals surface area (Å²) in [7, 11) is 0. The summed E-state index contributed by atoms with van der Waals surface area (Å²) in [5.41, 5.74) is 5.26. The third-order valence-corrected chi connectivity index (χ3v) is 3.14. The zero-order chi connectivity index (χ0) is 12.0. The van der Waals surface area contributed by atoms with Crippen molar-refractivity contribution >= 4 is 5.91 Å². The number of carbonyl (C=O) groups excluding carboxylic acids is 1. The van der Waals surface area contributed by atoms with Crippen LogP contribution in [0.4, 0.5) is 0 Å². The van der Waals surface area contributed by atoms with E-state index >= 15 is 0 Å². The first-order valence-electron chi connectivity index (χ1n) is 5.91. The molecule has 5 nitrogen and oxygen atoms in total. The molecular formula is C11H22N2O3. The van der Waals surface area contributed by atoms with E-state index in [2.05, 4.69) is 5.32 Å². The topological polar surface area (TPSA) is 84.6 Å². The Morgan fingerprint density at radius 3 is 2.69 bits per heavy atom. The van der Waals surface area contributed by atoms with Gasteiger partial charge in [0.05, 0.1) is 5.54 Å². The van der Waals surface area contributed by atoms with Gasteiger partial charge in [0.1, 0.15) is 0 Å². The van der Waals surface area contributed by atoms with Gasteiger partial charge in [0.25, 0.3) is 0 Å². The molecule has 5 heteroatoms. The molecule has 1 aliphatic rings. The molecule has 1 saturated heterocycles. The van der Waals surface area contributed by atoms with Crippen LogP contribution in [0, 0.1) is 0 Å². The molecule has 1 rings (SSSR count). The molecule has 16 heavy (non-hydrogen) atoms. The minimum absolute atomic E-state index is 0.0146. The van der Waals surface area contributed by atoms with Crippen LogP contribution in [-0.2, 0) is 9.53 Å². The zero-order valence-corrected chi connectivity index (χ0v) is 9.87. The van der Waals surface area contributed by atoms with Crippen LogP contribution in [0.1, 0.15) is 32.6 Å². The Kier molecular flexibility index (Phi) is 5.18. The van der Waals surface area contributed by atoms with E-state index < -0.39 is 5.54 Å². The summed E-state index contributed by atoms with van der Waals surface area (Å²) in [5, 5.41) is 11.8. The lowest BCUT2D eigenvalue weighted by atomic mass is 9.90. The second-order valence-electron chi connectivity index (χ2n) is 4.36.